The molecule has 0 radical (unpaired) electrons. The Labute approximate surface area is 110 Å². The first kappa shape index (κ1) is 14.5. The smallest absolute Gasteiger partial charge is 0.0621 e. The number of nitrogens with zero attached hydrogens (tertiary/aromatic N) is 2. The molecule has 0 aromatic heterocycles. The minimum Gasteiger partial charge on any atom is -0.398 e. The largest absolute Gasteiger partial charge is 0.398 e. The molecule has 0 heterocycles. The molecule has 0 saturated carbocycles. The molecule has 0 fully saturated rings. The van der Waals surface area contributed by atoms with Crippen LogP contribution in [-0.4, -0.2) is 18.0 Å². The van der Waals surface area contributed by atoms with Crippen molar-refractivity contribution < 1.29 is 0 Å². The highest BCUT2D eigenvalue weighted by Crippen LogP contribution is 2.14. The molecule has 0 aliphatic rings. The molecule has 18 heavy (non-hydrogen) atoms. The number of hydrogen-bond donors (Lipinski definition) is 1. The lowest BCUT2D eigenvalue weighted by atomic mass is 10.1. The van der Waals surface area contributed by atoms with Crippen molar-refractivity contribution in [3.8, 4) is 6.07 Å². The number of nitrogen functional groups attached to an aromatic ring is 1. The fraction of sp³-hybridized carbons (Fsp3) is 0.533. The van der Waals surface area contributed by atoms with Crippen LogP contribution < -0.4 is 5.73 Å². The van der Waals surface area contributed by atoms with Crippen LogP contribution in [0.15, 0.2) is 24.3 Å². The van der Waals surface area contributed by atoms with Crippen molar-refractivity contribution in [3.63, 3.8) is 0 Å². The van der Waals surface area contributed by atoms with Crippen molar-refractivity contribution in [1.29, 1.82) is 5.26 Å². The van der Waals surface area contributed by atoms with Crippen molar-refractivity contribution >= 4 is 5.69 Å². The molecule has 98 valence electrons. The third-order valence-corrected chi connectivity index (χ3v) is 3.00. The van der Waals surface area contributed by atoms with Gasteiger partial charge in [0, 0.05) is 18.7 Å². The molecule has 3 nitrogen and oxygen atoms in total. The third-order valence-electron chi connectivity index (χ3n) is 3.00. The van der Waals surface area contributed by atoms with Crippen molar-refractivity contribution in [3.05, 3.63) is 29.8 Å². The molecule has 0 atom stereocenters. The molecule has 0 amide bonds. The summed E-state index contributed by atoms with van der Waals surface area (Å²) in [6.45, 7) is 5.23. The van der Waals surface area contributed by atoms with E-state index in [4.69, 9.17) is 11.0 Å². The van der Waals surface area contributed by atoms with Crippen LogP contribution in [0.25, 0.3) is 0 Å². The average molecular weight is 245 g/mol. The van der Waals surface area contributed by atoms with E-state index in [1.807, 2.05) is 18.2 Å². The Bertz CT molecular complexity index is 382. The third kappa shape index (κ3) is 5.20. The number of para-hydroxylation sites is 1. The van der Waals surface area contributed by atoms with Gasteiger partial charge in [-0.05, 0) is 44.0 Å². The Kier molecular flexibility index (Phi) is 6.90. The van der Waals surface area contributed by atoms with E-state index in [-0.39, 0.29) is 0 Å². The minimum absolute atomic E-state index is 0.660. The monoisotopic (exact) mass is 245 g/mol. The van der Waals surface area contributed by atoms with Crippen LogP contribution in [0.4, 0.5) is 5.69 Å². The lowest BCUT2D eigenvalue weighted by molar-refractivity contribution is 0.261. The quantitative estimate of drug-likeness (QED) is 0.565. The van der Waals surface area contributed by atoms with E-state index in [1.54, 1.807) is 0 Å². The maximum absolute atomic E-state index is 8.53. The Balaban J connectivity index is 2.47. The van der Waals surface area contributed by atoms with Crippen molar-refractivity contribution in [2.24, 2.45) is 0 Å². The fourth-order valence-electron chi connectivity index (χ4n) is 2.04. The lowest BCUT2D eigenvalue weighted by Crippen LogP contribution is -2.25. The summed E-state index contributed by atoms with van der Waals surface area (Å²) in [5.74, 6) is 0. The number of anilines is 1. The molecule has 2 N–H and O–H groups in total. The summed E-state index contributed by atoms with van der Waals surface area (Å²) in [6, 6.07) is 10.2. The van der Waals surface area contributed by atoms with Gasteiger partial charge in [-0.25, -0.2) is 0 Å². The van der Waals surface area contributed by atoms with Gasteiger partial charge in [0.05, 0.1) is 6.07 Å². The van der Waals surface area contributed by atoms with Gasteiger partial charge in [0.15, 0.2) is 0 Å². The highest BCUT2D eigenvalue weighted by molar-refractivity contribution is 5.46. The van der Waals surface area contributed by atoms with Crippen molar-refractivity contribution in [1.82, 2.24) is 4.90 Å². The topological polar surface area (TPSA) is 53.0 Å². The molecule has 3 heteroatoms. The van der Waals surface area contributed by atoms with Crippen LogP contribution in [-0.2, 0) is 6.54 Å². The second kappa shape index (κ2) is 8.54. The van der Waals surface area contributed by atoms with Gasteiger partial charge in [-0.3, -0.25) is 4.90 Å². The first-order chi connectivity index (χ1) is 8.77. The first-order valence-corrected chi connectivity index (χ1v) is 6.70. The van der Waals surface area contributed by atoms with Crippen molar-refractivity contribution in [2.75, 3.05) is 18.8 Å². The molecule has 1 rings (SSSR count). The van der Waals surface area contributed by atoms with E-state index in [9.17, 15) is 0 Å². The summed E-state index contributed by atoms with van der Waals surface area (Å²) in [7, 11) is 0. The van der Waals surface area contributed by atoms with Crippen LogP contribution in [0.5, 0.6) is 0 Å². The van der Waals surface area contributed by atoms with Gasteiger partial charge >= 0.3 is 0 Å². The van der Waals surface area contributed by atoms with E-state index in [1.165, 1.54) is 5.56 Å². The van der Waals surface area contributed by atoms with E-state index < -0.39 is 0 Å². The highest BCUT2D eigenvalue weighted by Gasteiger charge is 2.06. The SMILES string of the molecule is CCCN(CCCCC#N)Cc1ccccc1N. The minimum atomic E-state index is 0.660. The summed E-state index contributed by atoms with van der Waals surface area (Å²) in [6.07, 6.45) is 3.87. The molecule has 1 aromatic carbocycles. The van der Waals surface area contributed by atoms with Gasteiger partial charge in [-0.1, -0.05) is 25.1 Å². The standard InChI is InChI=1S/C15H23N3/c1-2-11-18(12-7-3-6-10-16)13-14-8-4-5-9-15(14)17/h4-5,8-9H,2-3,6-7,11-13,17H2,1H3. The maximum atomic E-state index is 8.53. The average Bonchev–Trinajstić information content (AvgIpc) is 2.37. The second-order valence-electron chi connectivity index (χ2n) is 4.59. The maximum Gasteiger partial charge on any atom is 0.0621 e. The molecule has 0 bridgehead atoms. The molecule has 0 saturated heterocycles. The van der Waals surface area contributed by atoms with Gasteiger partial charge in [0.25, 0.3) is 0 Å². The normalized spacial score (nSPS) is 10.5. The number of nitrogens with two attached hydrogens (primary N) is 1. The second-order valence-corrected chi connectivity index (χ2v) is 4.59. The van der Waals surface area contributed by atoms with E-state index in [2.05, 4.69) is 24.0 Å². The highest BCUT2D eigenvalue weighted by atomic mass is 15.1. The number of hydrogen-bond acceptors (Lipinski definition) is 3. The molecule has 1 aromatic rings. The predicted octanol–water partition coefficient (Wildman–Crippen LogP) is 3.17. The van der Waals surface area contributed by atoms with Gasteiger partial charge in [-0.15, -0.1) is 0 Å². The van der Waals surface area contributed by atoms with Crippen LogP contribution in [0, 0.1) is 11.3 Å². The first-order valence-electron chi connectivity index (χ1n) is 6.70. The molecule has 0 spiro atoms. The molecule has 0 aliphatic heterocycles. The van der Waals surface area contributed by atoms with Crippen LogP contribution >= 0.6 is 0 Å². The van der Waals surface area contributed by atoms with E-state index in [0.717, 1.165) is 44.6 Å². The van der Waals surface area contributed by atoms with E-state index >= 15 is 0 Å². The zero-order valence-electron chi connectivity index (χ0n) is 11.2. The summed E-state index contributed by atoms with van der Waals surface area (Å²) in [4.78, 5) is 2.42. The number of benzene rings is 1. The molecule has 0 unspecified atom stereocenters. The molecule has 0 aliphatic carbocycles. The van der Waals surface area contributed by atoms with Crippen LogP contribution in [0.3, 0.4) is 0 Å². The Morgan fingerprint density at radius 1 is 1.22 bits per heavy atom. The zero-order chi connectivity index (χ0) is 13.2. The van der Waals surface area contributed by atoms with Gasteiger partial charge in [0.1, 0.15) is 0 Å². The summed E-state index contributed by atoms with van der Waals surface area (Å²) in [5.41, 5.74) is 8.04. The summed E-state index contributed by atoms with van der Waals surface area (Å²) >= 11 is 0. The predicted molar refractivity (Wildman–Crippen MR) is 75.9 cm³/mol. The van der Waals surface area contributed by atoms with Gasteiger partial charge in [-0.2, -0.15) is 5.26 Å². The summed E-state index contributed by atoms with van der Waals surface area (Å²) < 4.78 is 0. The van der Waals surface area contributed by atoms with Gasteiger partial charge in [0.2, 0.25) is 0 Å². The lowest BCUT2D eigenvalue weighted by Gasteiger charge is -2.22. The van der Waals surface area contributed by atoms with Crippen LogP contribution in [0.1, 0.15) is 38.2 Å². The van der Waals surface area contributed by atoms with Crippen LogP contribution in [0.2, 0.25) is 0 Å². The number of unbranched alkanes of at least 4 members (excludes halogenated alkanes) is 2. The van der Waals surface area contributed by atoms with Crippen molar-refractivity contribution in [2.45, 2.75) is 39.2 Å². The fourth-order valence-corrected chi connectivity index (χ4v) is 2.04. The Hall–Kier alpha value is -1.53. The zero-order valence-corrected chi connectivity index (χ0v) is 11.2. The Morgan fingerprint density at radius 3 is 2.67 bits per heavy atom. The number of nitriles is 1. The van der Waals surface area contributed by atoms with Gasteiger partial charge < -0.3 is 5.73 Å². The summed E-state index contributed by atoms with van der Waals surface area (Å²) in [5, 5.41) is 8.53. The van der Waals surface area contributed by atoms with E-state index in [0.29, 0.717) is 6.42 Å². The molecular weight excluding hydrogens is 222 g/mol. The Morgan fingerprint density at radius 2 is 2.00 bits per heavy atom. The number of rotatable bonds is 8. The molecular formula is C15H23N3.